The highest BCUT2D eigenvalue weighted by Crippen LogP contribution is 2.37. The monoisotopic (exact) mass is 276 g/mol. The molecular formula is C15H20N2O3. The predicted octanol–water partition coefficient (Wildman–Crippen LogP) is 1.58. The van der Waals surface area contributed by atoms with E-state index in [4.69, 9.17) is 4.42 Å². The molecule has 2 amide bonds. The van der Waals surface area contributed by atoms with Crippen molar-refractivity contribution in [2.24, 2.45) is 5.41 Å². The lowest BCUT2D eigenvalue weighted by Gasteiger charge is -2.38. The van der Waals surface area contributed by atoms with Crippen molar-refractivity contribution in [1.29, 1.82) is 0 Å². The lowest BCUT2D eigenvalue weighted by atomic mass is 9.77. The van der Waals surface area contributed by atoms with E-state index < -0.39 is 0 Å². The summed E-state index contributed by atoms with van der Waals surface area (Å²) in [6.07, 6.45) is 4.72. The summed E-state index contributed by atoms with van der Waals surface area (Å²) >= 11 is 0. The highest BCUT2D eigenvalue weighted by atomic mass is 16.3. The second-order valence-corrected chi connectivity index (χ2v) is 5.86. The Hall–Kier alpha value is -1.78. The number of carbonyl (C=O) groups is 2. The van der Waals surface area contributed by atoms with E-state index in [0.717, 1.165) is 44.7 Å². The number of nitrogens with zero attached hydrogens (tertiary/aromatic N) is 1. The summed E-state index contributed by atoms with van der Waals surface area (Å²) in [5.74, 6) is 0.962. The molecule has 1 N–H and O–H groups in total. The van der Waals surface area contributed by atoms with Gasteiger partial charge < -0.3 is 14.6 Å². The third kappa shape index (κ3) is 2.21. The fraction of sp³-hybridized carbons (Fsp3) is 0.600. The predicted molar refractivity (Wildman–Crippen MR) is 73.3 cm³/mol. The number of furan rings is 1. The molecule has 1 spiro atoms. The van der Waals surface area contributed by atoms with Gasteiger partial charge >= 0.3 is 0 Å². The van der Waals surface area contributed by atoms with E-state index in [1.165, 1.54) is 0 Å². The van der Waals surface area contributed by atoms with Crippen LogP contribution in [0.3, 0.4) is 0 Å². The second-order valence-electron chi connectivity index (χ2n) is 5.86. The normalized spacial score (nSPS) is 21.2. The van der Waals surface area contributed by atoms with Crippen molar-refractivity contribution in [3.63, 3.8) is 0 Å². The zero-order valence-corrected chi connectivity index (χ0v) is 11.8. The van der Waals surface area contributed by atoms with E-state index in [1.54, 1.807) is 12.3 Å². The Balaban J connectivity index is 1.66. The van der Waals surface area contributed by atoms with Crippen molar-refractivity contribution < 1.29 is 14.0 Å². The Morgan fingerprint density at radius 1 is 1.45 bits per heavy atom. The molecule has 20 heavy (non-hydrogen) atoms. The number of carbonyl (C=O) groups excluding carboxylic acids is 2. The van der Waals surface area contributed by atoms with Crippen molar-refractivity contribution in [3.8, 4) is 0 Å². The van der Waals surface area contributed by atoms with Crippen molar-refractivity contribution in [2.75, 3.05) is 19.6 Å². The van der Waals surface area contributed by atoms with Crippen molar-refractivity contribution in [3.05, 3.63) is 23.7 Å². The molecule has 5 heteroatoms. The van der Waals surface area contributed by atoms with E-state index in [1.807, 2.05) is 11.8 Å². The second kappa shape index (κ2) is 4.96. The van der Waals surface area contributed by atoms with E-state index >= 15 is 0 Å². The molecule has 0 aliphatic carbocycles. The molecule has 3 rings (SSSR count). The van der Waals surface area contributed by atoms with Gasteiger partial charge in [-0.1, -0.05) is 6.92 Å². The van der Waals surface area contributed by atoms with Crippen LogP contribution in [0.1, 0.15) is 42.3 Å². The molecule has 0 unspecified atom stereocenters. The quantitative estimate of drug-likeness (QED) is 0.892. The molecule has 2 saturated heterocycles. The van der Waals surface area contributed by atoms with Crippen LogP contribution in [0.15, 0.2) is 16.7 Å². The lowest BCUT2D eigenvalue weighted by Crippen LogP contribution is -2.44. The molecule has 3 heterocycles. The molecule has 1 aromatic rings. The van der Waals surface area contributed by atoms with Crippen molar-refractivity contribution >= 4 is 11.8 Å². The third-order valence-corrected chi connectivity index (χ3v) is 4.60. The maximum absolute atomic E-state index is 12.5. The van der Waals surface area contributed by atoms with Crippen LogP contribution < -0.4 is 5.32 Å². The van der Waals surface area contributed by atoms with Crippen molar-refractivity contribution in [1.82, 2.24) is 10.2 Å². The minimum atomic E-state index is 0.0581. The van der Waals surface area contributed by atoms with Crippen LogP contribution in [0.2, 0.25) is 0 Å². The topological polar surface area (TPSA) is 62.6 Å². The molecule has 5 nitrogen and oxygen atoms in total. The van der Waals surface area contributed by atoms with Crippen LogP contribution in [0.25, 0.3) is 0 Å². The van der Waals surface area contributed by atoms with Gasteiger partial charge in [0.15, 0.2) is 0 Å². The Kier molecular flexibility index (Phi) is 3.28. The highest BCUT2D eigenvalue weighted by molar-refractivity contribution is 5.95. The minimum Gasteiger partial charge on any atom is -0.469 e. The summed E-state index contributed by atoms with van der Waals surface area (Å²) in [6.45, 7) is 4.20. The third-order valence-electron chi connectivity index (χ3n) is 4.60. The number of aryl methyl sites for hydroxylation is 1. The average molecular weight is 276 g/mol. The number of rotatable bonds is 2. The first-order chi connectivity index (χ1) is 9.63. The number of piperidine rings is 1. The first-order valence-electron chi connectivity index (χ1n) is 7.26. The Morgan fingerprint density at radius 2 is 2.20 bits per heavy atom. The van der Waals surface area contributed by atoms with Gasteiger partial charge in [0.2, 0.25) is 5.91 Å². The van der Waals surface area contributed by atoms with Crippen LogP contribution in [0.5, 0.6) is 0 Å². The van der Waals surface area contributed by atoms with Crippen LogP contribution in [-0.4, -0.2) is 36.3 Å². The number of hydrogen-bond acceptors (Lipinski definition) is 3. The fourth-order valence-electron chi connectivity index (χ4n) is 3.26. The molecule has 0 radical (unpaired) electrons. The van der Waals surface area contributed by atoms with Gasteiger partial charge in [0.05, 0.1) is 11.8 Å². The molecular weight excluding hydrogens is 256 g/mol. The van der Waals surface area contributed by atoms with Crippen LogP contribution in [0.4, 0.5) is 0 Å². The first kappa shape index (κ1) is 13.2. The molecule has 108 valence electrons. The summed E-state index contributed by atoms with van der Waals surface area (Å²) in [6, 6.07) is 1.76. The molecule has 0 atom stereocenters. The Labute approximate surface area is 118 Å². The van der Waals surface area contributed by atoms with E-state index in [2.05, 4.69) is 5.32 Å². The van der Waals surface area contributed by atoms with E-state index in [0.29, 0.717) is 12.0 Å². The first-order valence-corrected chi connectivity index (χ1v) is 7.26. The van der Waals surface area contributed by atoms with Crippen LogP contribution in [-0.2, 0) is 11.2 Å². The summed E-state index contributed by atoms with van der Waals surface area (Å²) < 4.78 is 5.33. The average Bonchev–Trinajstić information content (AvgIpc) is 3.06. The summed E-state index contributed by atoms with van der Waals surface area (Å²) in [5, 5.41) is 2.91. The Morgan fingerprint density at radius 3 is 2.80 bits per heavy atom. The summed E-state index contributed by atoms with van der Waals surface area (Å²) in [4.78, 5) is 25.8. The maximum Gasteiger partial charge on any atom is 0.257 e. The lowest BCUT2D eigenvalue weighted by molar-refractivity contribution is -0.119. The van der Waals surface area contributed by atoms with Gasteiger partial charge in [0, 0.05) is 32.5 Å². The maximum atomic E-state index is 12.5. The molecule has 0 saturated carbocycles. The minimum absolute atomic E-state index is 0.0581. The molecule has 2 fully saturated rings. The molecule has 2 aliphatic rings. The molecule has 0 bridgehead atoms. The van der Waals surface area contributed by atoms with Gasteiger partial charge in [-0.05, 0) is 24.3 Å². The van der Waals surface area contributed by atoms with E-state index in [-0.39, 0.29) is 17.2 Å². The number of hydrogen-bond donors (Lipinski definition) is 1. The summed E-state index contributed by atoms with van der Waals surface area (Å²) in [7, 11) is 0. The fourth-order valence-corrected chi connectivity index (χ4v) is 3.26. The van der Waals surface area contributed by atoms with E-state index in [9.17, 15) is 9.59 Å². The number of amides is 2. The zero-order chi connectivity index (χ0) is 14.2. The highest BCUT2D eigenvalue weighted by Gasteiger charge is 2.41. The van der Waals surface area contributed by atoms with Gasteiger partial charge in [-0.25, -0.2) is 0 Å². The number of nitrogens with one attached hydrogen (secondary N) is 1. The number of likely N-dealkylation sites (tertiary alicyclic amines) is 1. The largest absolute Gasteiger partial charge is 0.469 e. The standard InChI is InChI=1S/C15H20N2O3/c1-2-12-11(3-8-20-12)14(19)17-6-4-15(5-7-17)9-13(18)16-10-15/h3,8H,2,4-7,9-10H2,1H3,(H,16,18). The summed E-state index contributed by atoms with van der Waals surface area (Å²) in [5.41, 5.74) is 0.766. The van der Waals surface area contributed by atoms with Crippen molar-refractivity contribution in [2.45, 2.75) is 32.6 Å². The molecule has 2 aliphatic heterocycles. The van der Waals surface area contributed by atoms with Gasteiger partial charge in [0.1, 0.15) is 5.76 Å². The zero-order valence-electron chi connectivity index (χ0n) is 11.8. The smallest absolute Gasteiger partial charge is 0.257 e. The SMILES string of the molecule is CCc1occc1C(=O)N1CCC2(CC1)CNC(=O)C2. The van der Waals surface area contributed by atoms with Gasteiger partial charge in [-0.15, -0.1) is 0 Å². The van der Waals surface area contributed by atoms with Gasteiger partial charge in [0.25, 0.3) is 5.91 Å². The van der Waals surface area contributed by atoms with Crippen LogP contribution in [0, 0.1) is 5.41 Å². The van der Waals surface area contributed by atoms with Crippen LogP contribution >= 0.6 is 0 Å². The van der Waals surface area contributed by atoms with Gasteiger partial charge in [-0.2, -0.15) is 0 Å². The Bertz CT molecular complexity index is 527. The molecule has 1 aromatic heterocycles. The molecule has 0 aromatic carbocycles. The van der Waals surface area contributed by atoms with Gasteiger partial charge in [-0.3, -0.25) is 9.59 Å².